The summed E-state index contributed by atoms with van der Waals surface area (Å²) in [5.74, 6) is -0.480. The number of carboxylic acids is 1. The highest BCUT2D eigenvalue weighted by Gasteiger charge is 2.28. The van der Waals surface area contributed by atoms with Crippen LogP contribution >= 0.6 is 0 Å². The highest BCUT2D eigenvalue weighted by atomic mass is 19.1. The monoisotopic (exact) mass is 527 g/mol. The van der Waals surface area contributed by atoms with Crippen LogP contribution in [0.15, 0.2) is 36.4 Å². The summed E-state index contributed by atoms with van der Waals surface area (Å²) in [4.78, 5) is 24.4. The first-order valence-corrected chi connectivity index (χ1v) is 13.8. The molecule has 0 bridgehead atoms. The van der Waals surface area contributed by atoms with E-state index in [2.05, 4.69) is 29.8 Å². The third-order valence-electron chi connectivity index (χ3n) is 7.36. The summed E-state index contributed by atoms with van der Waals surface area (Å²) in [7, 11) is 0. The lowest BCUT2D eigenvalue weighted by Gasteiger charge is -2.35. The number of nitrogens with one attached hydrogen (secondary N) is 3. The number of aliphatic carboxylic acids is 1. The fourth-order valence-electron chi connectivity index (χ4n) is 5.40. The molecule has 0 aromatic heterocycles. The number of carbonyl (C=O) groups is 2. The van der Waals surface area contributed by atoms with E-state index in [1.54, 1.807) is 30.3 Å². The molecule has 4 N–H and O–H groups in total. The molecule has 8 heteroatoms. The number of anilines is 3. The van der Waals surface area contributed by atoms with Crippen molar-refractivity contribution in [3.8, 4) is 5.75 Å². The predicted molar refractivity (Wildman–Crippen MR) is 151 cm³/mol. The zero-order valence-corrected chi connectivity index (χ0v) is 23.0. The molecule has 2 atom stereocenters. The van der Waals surface area contributed by atoms with Crippen LogP contribution in [0.3, 0.4) is 0 Å². The minimum absolute atomic E-state index is 0.122. The Labute approximate surface area is 225 Å². The molecule has 1 aliphatic rings. The number of hydrogen-bond donors (Lipinski definition) is 4. The van der Waals surface area contributed by atoms with Crippen LogP contribution in [-0.2, 0) is 4.79 Å². The summed E-state index contributed by atoms with van der Waals surface area (Å²) in [5, 5.41) is 18.6. The fraction of sp³-hybridized carbons (Fsp3) is 0.533. The Morgan fingerprint density at radius 1 is 1.03 bits per heavy atom. The van der Waals surface area contributed by atoms with Crippen molar-refractivity contribution in [3.63, 3.8) is 0 Å². The molecule has 0 heterocycles. The molecule has 0 saturated heterocycles. The summed E-state index contributed by atoms with van der Waals surface area (Å²) in [6, 6.07) is 9.69. The molecule has 2 amide bonds. The number of ether oxygens (including phenoxy) is 1. The van der Waals surface area contributed by atoms with Gasteiger partial charge >= 0.3 is 12.0 Å². The number of benzene rings is 2. The van der Waals surface area contributed by atoms with Crippen LogP contribution < -0.4 is 20.7 Å². The van der Waals surface area contributed by atoms with E-state index in [-0.39, 0.29) is 18.0 Å². The van der Waals surface area contributed by atoms with E-state index >= 15 is 4.39 Å². The molecule has 2 aromatic rings. The van der Waals surface area contributed by atoms with Crippen molar-refractivity contribution in [2.45, 2.75) is 84.6 Å². The number of rotatable bonds is 12. The number of hydrogen-bond acceptors (Lipinski definition) is 4. The Hall–Kier alpha value is -3.29. The SMILES string of the molecule is CCOc1ccc(NC(=O)Nc2cc(C(CC)CC(=O)O)c(F)cc2NC(C(C)C)C2CCCCC2)cc1. The maximum atomic E-state index is 15.4. The second-order valence-corrected chi connectivity index (χ2v) is 10.5. The van der Waals surface area contributed by atoms with Crippen molar-refractivity contribution in [1.82, 2.24) is 0 Å². The summed E-state index contributed by atoms with van der Waals surface area (Å²) in [6.45, 7) is 8.60. The maximum Gasteiger partial charge on any atom is 0.323 e. The Kier molecular flexibility index (Phi) is 10.8. The first kappa shape index (κ1) is 29.3. The van der Waals surface area contributed by atoms with Crippen molar-refractivity contribution < 1.29 is 23.8 Å². The van der Waals surface area contributed by atoms with Gasteiger partial charge in [-0.2, -0.15) is 0 Å². The van der Waals surface area contributed by atoms with Gasteiger partial charge in [0.05, 0.1) is 24.4 Å². The maximum absolute atomic E-state index is 15.4. The van der Waals surface area contributed by atoms with Gasteiger partial charge in [-0.3, -0.25) is 4.79 Å². The number of halogens is 1. The first-order valence-electron chi connectivity index (χ1n) is 13.8. The minimum atomic E-state index is -0.988. The van der Waals surface area contributed by atoms with E-state index in [1.165, 1.54) is 25.3 Å². The third kappa shape index (κ3) is 8.10. The molecule has 7 nitrogen and oxygen atoms in total. The van der Waals surface area contributed by atoms with Crippen LogP contribution in [0.5, 0.6) is 5.75 Å². The Morgan fingerprint density at radius 3 is 2.29 bits per heavy atom. The van der Waals surface area contributed by atoms with Crippen molar-refractivity contribution in [1.29, 1.82) is 0 Å². The van der Waals surface area contributed by atoms with Crippen molar-refractivity contribution >= 4 is 29.1 Å². The molecule has 2 unspecified atom stereocenters. The van der Waals surface area contributed by atoms with Crippen molar-refractivity contribution in [2.75, 3.05) is 22.6 Å². The van der Waals surface area contributed by atoms with E-state index in [1.807, 2.05) is 13.8 Å². The van der Waals surface area contributed by atoms with Gasteiger partial charge in [-0.05, 0) is 85.9 Å². The molecular formula is C30H42FN3O4. The average molecular weight is 528 g/mol. The van der Waals surface area contributed by atoms with Crippen LogP contribution in [-0.4, -0.2) is 29.8 Å². The van der Waals surface area contributed by atoms with E-state index < -0.39 is 23.7 Å². The van der Waals surface area contributed by atoms with Gasteiger partial charge in [0.2, 0.25) is 0 Å². The zero-order valence-electron chi connectivity index (χ0n) is 23.0. The molecule has 3 rings (SSSR count). The van der Waals surface area contributed by atoms with E-state index in [0.717, 1.165) is 12.8 Å². The van der Waals surface area contributed by atoms with Gasteiger partial charge in [-0.1, -0.05) is 40.0 Å². The summed E-state index contributed by atoms with van der Waals surface area (Å²) >= 11 is 0. The van der Waals surface area contributed by atoms with Crippen LogP contribution in [0, 0.1) is 17.7 Å². The summed E-state index contributed by atoms with van der Waals surface area (Å²) in [5.41, 5.74) is 1.80. The second kappa shape index (κ2) is 14.0. The zero-order chi connectivity index (χ0) is 27.7. The number of carbonyl (C=O) groups excluding carboxylic acids is 1. The predicted octanol–water partition coefficient (Wildman–Crippen LogP) is 7.85. The molecule has 0 aliphatic heterocycles. The number of urea groups is 1. The van der Waals surface area contributed by atoms with Gasteiger partial charge in [0.25, 0.3) is 0 Å². The van der Waals surface area contributed by atoms with E-state index in [9.17, 15) is 14.7 Å². The molecule has 38 heavy (non-hydrogen) atoms. The minimum Gasteiger partial charge on any atom is -0.494 e. The van der Waals surface area contributed by atoms with E-state index in [0.29, 0.717) is 47.7 Å². The van der Waals surface area contributed by atoms with Gasteiger partial charge in [0, 0.05) is 11.7 Å². The van der Waals surface area contributed by atoms with Gasteiger partial charge in [0.1, 0.15) is 11.6 Å². The topological polar surface area (TPSA) is 99.7 Å². The summed E-state index contributed by atoms with van der Waals surface area (Å²) < 4.78 is 20.9. The van der Waals surface area contributed by atoms with Crippen LogP contribution in [0.4, 0.5) is 26.2 Å². The molecular weight excluding hydrogens is 485 g/mol. The van der Waals surface area contributed by atoms with Crippen molar-refractivity contribution in [2.24, 2.45) is 11.8 Å². The Morgan fingerprint density at radius 2 is 1.71 bits per heavy atom. The molecule has 0 spiro atoms. The van der Waals surface area contributed by atoms with Crippen molar-refractivity contribution in [3.05, 3.63) is 47.8 Å². The molecule has 1 aliphatic carbocycles. The Balaban J connectivity index is 1.90. The fourth-order valence-corrected chi connectivity index (χ4v) is 5.40. The largest absolute Gasteiger partial charge is 0.494 e. The van der Waals surface area contributed by atoms with Crippen LogP contribution in [0.1, 0.15) is 84.1 Å². The van der Waals surface area contributed by atoms with Gasteiger partial charge in [-0.25, -0.2) is 9.18 Å². The molecule has 0 radical (unpaired) electrons. The highest BCUT2D eigenvalue weighted by Crippen LogP contribution is 2.37. The standard InChI is InChI=1S/C30H42FN3O4/c1-5-20(16-28(35)36)24-17-26(34-30(37)32-22-12-14-23(15-13-22)38-6-2)27(18-25(24)31)33-29(19(3)4)21-10-8-7-9-11-21/h12-15,17-21,29,33H,5-11,16H2,1-4H3,(H,35,36)(H2,32,34,37). The Bertz CT molecular complexity index is 1070. The smallest absolute Gasteiger partial charge is 0.323 e. The lowest BCUT2D eigenvalue weighted by Crippen LogP contribution is -2.35. The summed E-state index contributed by atoms with van der Waals surface area (Å²) in [6.07, 6.45) is 6.13. The average Bonchev–Trinajstić information content (AvgIpc) is 2.88. The highest BCUT2D eigenvalue weighted by molar-refractivity contribution is 6.02. The normalized spacial score (nSPS) is 15.5. The lowest BCUT2D eigenvalue weighted by atomic mass is 9.79. The van der Waals surface area contributed by atoms with Gasteiger partial charge < -0.3 is 25.8 Å². The second-order valence-electron chi connectivity index (χ2n) is 10.5. The molecule has 1 fully saturated rings. The number of amides is 2. The van der Waals surface area contributed by atoms with Gasteiger partial charge in [0.15, 0.2) is 0 Å². The molecule has 2 aromatic carbocycles. The quantitative estimate of drug-likeness (QED) is 0.225. The first-order chi connectivity index (χ1) is 18.2. The third-order valence-corrected chi connectivity index (χ3v) is 7.36. The lowest BCUT2D eigenvalue weighted by molar-refractivity contribution is -0.137. The number of carboxylic acid groups (broad SMARTS) is 1. The molecule has 208 valence electrons. The van der Waals surface area contributed by atoms with Crippen LogP contribution in [0.2, 0.25) is 0 Å². The van der Waals surface area contributed by atoms with Crippen LogP contribution in [0.25, 0.3) is 0 Å². The molecule has 1 saturated carbocycles. The van der Waals surface area contributed by atoms with Gasteiger partial charge in [-0.15, -0.1) is 0 Å². The van der Waals surface area contributed by atoms with E-state index in [4.69, 9.17) is 4.74 Å².